The summed E-state index contributed by atoms with van der Waals surface area (Å²) >= 11 is 0. The van der Waals surface area contributed by atoms with Crippen molar-refractivity contribution in [1.82, 2.24) is 5.32 Å². The number of carbonyl (C=O) groups is 1. The van der Waals surface area contributed by atoms with Gasteiger partial charge in [-0.2, -0.15) is 0 Å². The number of nitrogens with one attached hydrogen (secondary N) is 1. The van der Waals surface area contributed by atoms with E-state index >= 15 is 0 Å². The topological polar surface area (TPSA) is 64.4 Å². The van der Waals surface area contributed by atoms with Crippen LogP contribution in [0.1, 0.15) is 49.3 Å². The summed E-state index contributed by atoms with van der Waals surface area (Å²) in [6.07, 6.45) is 4.01. The van der Waals surface area contributed by atoms with Gasteiger partial charge in [0.1, 0.15) is 0 Å². The monoisotopic (exact) mass is 366 g/mol. The molecule has 1 aliphatic carbocycles. The Balaban J connectivity index is 1.44. The largest absolute Gasteiger partial charge is 0.372 e. The van der Waals surface area contributed by atoms with Gasteiger partial charge in [0.15, 0.2) is 0 Å². The maximum absolute atomic E-state index is 12.5. The smallest absolute Gasteiger partial charge is 0.225 e. The Hall–Kier alpha value is -2.17. The minimum absolute atomic E-state index is 0.0787. The lowest BCUT2D eigenvalue weighted by Gasteiger charge is -2.37. The van der Waals surface area contributed by atoms with Crippen molar-refractivity contribution in [3.8, 4) is 0 Å². The predicted octanol–water partition coefficient (Wildman–Crippen LogP) is 3.93. The van der Waals surface area contributed by atoms with Crippen LogP contribution in [0.25, 0.3) is 0 Å². The molecular formula is C23H30N2O2. The van der Waals surface area contributed by atoms with E-state index < -0.39 is 0 Å². The first-order valence-corrected chi connectivity index (χ1v) is 9.81. The number of nitrogens with two attached hydrogens (primary N) is 1. The lowest BCUT2D eigenvalue weighted by atomic mass is 9.74. The fourth-order valence-electron chi connectivity index (χ4n) is 3.72. The zero-order valence-corrected chi connectivity index (χ0v) is 16.1. The highest BCUT2D eigenvalue weighted by Crippen LogP contribution is 2.31. The third-order valence-electron chi connectivity index (χ3n) is 5.44. The summed E-state index contributed by atoms with van der Waals surface area (Å²) in [6.45, 7) is 3.73. The Bertz CT molecular complexity index is 726. The van der Waals surface area contributed by atoms with Gasteiger partial charge in [0, 0.05) is 12.1 Å². The second kappa shape index (κ2) is 9.16. The first kappa shape index (κ1) is 19.6. The molecule has 0 aliphatic heterocycles. The molecule has 27 heavy (non-hydrogen) atoms. The van der Waals surface area contributed by atoms with E-state index in [1.54, 1.807) is 0 Å². The van der Waals surface area contributed by atoms with Crippen molar-refractivity contribution in [3.63, 3.8) is 0 Å². The first-order valence-electron chi connectivity index (χ1n) is 9.81. The Morgan fingerprint density at radius 1 is 1.04 bits per heavy atom. The van der Waals surface area contributed by atoms with E-state index in [0.717, 1.165) is 36.8 Å². The maximum atomic E-state index is 12.5. The molecule has 0 aromatic heterocycles. The van der Waals surface area contributed by atoms with Gasteiger partial charge >= 0.3 is 0 Å². The summed E-state index contributed by atoms with van der Waals surface area (Å²) in [5, 5.41) is 3.06. The summed E-state index contributed by atoms with van der Waals surface area (Å²) in [4.78, 5) is 12.5. The average molecular weight is 367 g/mol. The second-order valence-corrected chi connectivity index (χ2v) is 7.82. The summed E-state index contributed by atoms with van der Waals surface area (Å²) < 4.78 is 5.76. The SMILES string of the molecule is CC1(N)CCCCC1C(=O)NCc1ccc(COCc2ccccc2)cc1. The summed E-state index contributed by atoms with van der Waals surface area (Å²) in [6, 6.07) is 18.4. The van der Waals surface area contributed by atoms with Crippen LogP contribution in [-0.2, 0) is 29.3 Å². The molecule has 1 saturated carbocycles. The molecule has 1 fully saturated rings. The maximum Gasteiger partial charge on any atom is 0.225 e. The van der Waals surface area contributed by atoms with Crippen LogP contribution in [0.4, 0.5) is 0 Å². The highest BCUT2D eigenvalue weighted by atomic mass is 16.5. The second-order valence-electron chi connectivity index (χ2n) is 7.82. The van der Waals surface area contributed by atoms with Crippen LogP contribution in [0.5, 0.6) is 0 Å². The molecule has 0 bridgehead atoms. The third kappa shape index (κ3) is 5.65. The molecule has 3 rings (SSSR count). The summed E-state index contributed by atoms with van der Waals surface area (Å²) in [5.74, 6) is -0.00752. The van der Waals surface area contributed by atoms with Crippen LogP contribution in [0.2, 0.25) is 0 Å². The number of hydrogen-bond donors (Lipinski definition) is 2. The molecule has 144 valence electrons. The normalized spacial score (nSPS) is 22.4. The van der Waals surface area contributed by atoms with Crippen molar-refractivity contribution in [3.05, 3.63) is 71.3 Å². The molecule has 1 amide bonds. The van der Waals surface area contributed by atoms with Gasteiger partial charge in [-0.3, -0.25) is 4.79 Å². The van der Waals surface area contributed by atoms with E-state index in [4.69, 9.17) is 10.5 Å². The Kier molecular flexibility index (Phi) is 6.64. The fourth-order valence-corrected chi connectivity index (χ4v) is 3.72. The molecule has 3 N–H and O–H groups in total. The van der Waals surface area contributed by atoms with Crippen LogP contribution in [0.15, 0.2) is 54.6 Å². The van der Waals surface area contributed by atoms with Crippen molar-refractivity contribution in [2.24, 2.45) is 11.7 Å². The van der Waals surface area contributed by atoms with Gasteiger partial charge in [-0.1, -0.05) is 67.4 Å². The van der Waals surface area contributed by atoms with Gasteiger partial charge in [0.25, 0.3) is 0 Å². The molecule has 2 aromatic carbocycles. The van der Waals surface area contributed by atoms with Gasteiger partial charge in [0.05, 0.1) is 19.1 Å². The Labute approximate surface area is 162 Å². The van der Waals surface area contributed by atoms with Gasteiger partial charge in [-0.15, -0.1) is 0 Å². The molecule has 0 saturated heterocycles. The first-order chi connectivity index (χ1) is 13.0. The highest BCUT2D eigenvalue weighted by molar-refractivity contribution is 5.80. The van der Waals surface area contributed by atoms with Crippen LogP contribution >= 0.6 is 0 Å². The number of hydrogen-bond acceptors (Lipinski definition) is 3. The van der Waals surface area contributed by atoms with Gasteiger partial charge in [-0.25, -0.2) is 0 Å². The zero-order valence-electron chi connectivity index (χ0n) is 16.1. The number of amides is 1. The Morgan fingerprint density at radius 2 is 1.67 bits per heavy atom. The van der Waals surface area contributed by atoms with E-state index in [-0.39, 0.29) is 17.4 Å². The predicted molar refractivity (Wildman–Crippen MR) is 108 cm³/mol. The fraction of sp³-hybridized carbons (Fsp3) is 0.435. The average Bonchev–Trinajstić information content (AvgIpc) is 2.67. The zero-order chi connectivity index (χ0) is 19.1. The molecular weight excluding hydrogens is 336 g/mol. The molecule has 0 spiro atoms. The summed E-state index contributed by atoms with van der Waals surface area (Å²) in [7, 11) is 0. The van der Waals surface area contributed by atoms with Gasteiger partial charge < -0.3 is 15.8 Å². The molecule has 0 radical (unpaired) electrons. The van der Waals surface area contributed by atoms with E-state index in [9.17, 15) is 4.79 Å². The highest BCUT2D eigenvalue weighted by Gasteiger charge is 2.37. The quantitative estimate of drug-likeness (QED) is 0.780. The lowest BCUT2D eigenvalue weighted by Crippen LogP contribution is -2.52. The molecule has 4 nitrogen and oxygen atoms in total. The van der Waals surface area contributed by atoms with Crippen molar-refractivity contribution in [2.45, 2.75) is 57.9 Å². The van der Waals surface area contributed by atoms with Crippen molar-refractivity contribution in [1.29, 1.82) is 0 Å². The number of benzene rings is 2. The van der Waals surface area contributed by atoms with E-state index in [2.05, 4.69) is 29.6 Å². The number of rotatable bonds is 7. The standard InChI is InChI=1S/C23H30N2O2/c1-23(24)14-6-5-9-21(23)22(26)25-15-18-10-12-20(13-11-18)17-27-16-19-7-3-2-4-8-19/h2-4,7-8,10-13,21H,5-6,9,14-17,24H2,1H3,(H,25,26). The molecule has 2 atom stereocenters. The molecule has 2 aromatic rings. The van der Waals surface area contributed by atoms with Crippen molar-refractivity contribution in [2.75, 3.05) is 0 Å². The lowest BCUT2D eigenvalue weighted by molar-refractivity contribution is -0.128. The van der Waals surface area contributed by atoms with Gasteiger partial charge in [-0.05, 0) is 36.5 Å². The van der Waals surface area contributed by atoms with E-state index in [1.807, 2.05) is 37.3 Å². The molecule has 2 unspecified atom stereocenters. The number of carbonyl (C=O) groups excluding carboxylic acids is 1. The third-order valence-corrected chi connectivity index (χ3v) is 5.44. The van der Waals surface area contributed by atoms with Crippen molar-refractivity contribution < 1.29 is 9.53 Å². The van der Waals surface area contributed by atoms with Crippen LogP contribution in [0, 0.1) is 5.92 Å². The summed E-state index contributed by atoms with van der Waals surface area (Å²) in [5.41, 5.74) is 9.33. The van der Waals surface area contributed by atoms with Crippen LogP contribution in [0.3, 0.4) is 0 Å². The number of ether oxygens (including phenoxy) is 1. The molecule has 1 aliphatic rings. The van der Waals surface area contributed by atoms with E-state index in [1.165, 1.54) is 5.56 Å². The van der Waals surface area contributed by atoms with Crippen LogP contribution < -0.4 is 11.1 Å². The van der Waals surface area contributed by atoms with E-state index in [0.29, 0.717) is 19.8 Å². The molecule has 4 heteroatoms. The van der Waals surface area contributed by atoms with Crippen LogP contribution in [-0.4, -0.2) is 11.4 Å². The minimum Gasteiger partial charge on any atom is -0.372 e. The van der Waals surface area contributed by atoms with Crippen molar-refractivity contribution >= 4 is 5.91 Å². The van der Waals surface area contributed by atoms with Gasteiger partial charge in [0.2, 0.25) is 5.91 Å². The minimum atomic E-state index is -0.387. The Morgan fingerprint density at radius 3 is 2.33 bits per heavy atom. The molecule has 0 heterocycles.